The van der Waals surface area contributed by atoms with Gasteiger partial charge in [-0.05, 0) is 85.3 Å². The highest BCUT2D eigenvalue weighted by Crippen LogP contribution is 2.41. The van der Waals surface area contributed by atoms with Gasteiger partial charge in [-0.15, -0.1) is 11.3 Å². The highest BCUT2D eigenvalue weighted by Gasteiger charge is 2.17. The van der Waals surface area contributed by atoms with Gasteiger partial charge < -0.3 is 0 Å². The Labute approximate surface area is 334 Å². The lowest BCUT2D eigenvalue weighted by molar-refractivity contribution is 1.08. The third-order valence-electron chi connectivity index (χ3n) is 10.9. The van der Waals surface area contributed by atoms with Crippen LogP contribution >= 0.6 is 11.3 Å². The second-order valence-corrected chi connectivity index (χ2v) is 15.5. The van der Waals surface area contributed by atoms with Gasteiger partial charge in [0.25, 0.3) is 0 Å². The summed E-state index contributed by atoms with van der Waals surface area (Å²) in [6, 6.07) is 71.2. The van der Waals surface area contributed by atoms with Crippen LogP contribution in [0.2, 0.25) is 0 Å². The number of nitrogens with zero attached hydrogens (tertiary/aromatic N) is 3. The maximum Gasteiger partial charge on any atom is 0.164 e. The Balaban J connectivity index is 0.955. The lowest BCUT2D eigenvalue weighted by Gasteiger charge is -2.13. The summed E-state index contributed by atoms with van der Waals surface area (Å²) in [7, 11) is 0. The van der Waals surface area contributed by atoms with Crippen molar-refractivity contribution in [2.75, 3.05) is 0 Å². The topological polar surface area (TPSA) is 38.7 Å². The molecule has 0 bridgehead atoms. The fraction of sp³-hybridized carbons (Fsp3) is 0. The zero-order valence-corrected chi connectivity index (χ0v) is 31.6. The van der Waals surface area contributed by atoms with Crippen molar-refractivity contribution in [2.24, 2.45) is 0 Å². The molecule has 3 nitrogen and oxygen atoms in total. The molecule has 2 aromatic heterocycles. The summed E-state index contributed by atoms with van der Waals surface area (Å²) in [6.45, 7) is 0. The molecule has 0 aliphatic heterocycles. The molecule has 0 atom stereocenters. The van der Waals surface area contributed by atoms with E-state index in [0.29, 0.717) is 17.5 Å². The van der Waals surface area contributed by atoms with Crippen molar-refractivity contribution in [1.82, 2.24) is 15.0 Å². The number of aromatic nitrogens is 3. The van der Waals surface area contributed by atoms with Crippen LogP contribution in [0.4, 0.5) is 0 Å². The normalized spacial score (nSPS) is 11.5. The summed E-state index contributed by atoms with van der Waals surface area (Å²) in [5.41, 5.74) is 10.2. The molecule has 0 N–H and O–H groups in total. The third kappa shape index (κ3) is 6.04. The SMILES string of the molecule is c1ccc(-c2nc(-c3ccccc3)nc(-c3ccc(-c4ccc5c(c4)sc4ccc(-c6ccc(-c7ccc8ccccc8c7)cc6)cc45)c4ccccc34)n2)cc1. The van der Waals surface area contributed by atoms with Crippen molar-refractivity contribution in [3.63, 3.8) is 0 Å². The van der Waals surface area contributed by atoms with E-state index >= 15 is 0 Å². The number of hydrogen-bond acceptors (Lipinski definition) is 4. The highest BCUT2D eigenvalue weighted by molar-refractivity contribution is 7.25. The Kier molecular flexibility index (Phi) is 8.01. The molecule has 266 valence electrons. The Morgan fingerprint density at radius 3 is 1.49 bits per heavy atom. The van der Waals surface area contributed by atoms with Gasteiger partial charge in [-0.25, -0.2) is 15.0 Å². The minimum Gasteiger partial charge on any atom is -0.208 e. The number of benzene rings is 9. The van der Waals surface area contributed by atoms with Gasteiger partial charge in [-0.2, -0.15) is 0 Å². The lowest BCUT2D eigenvalue weighted by Crippen LogP contribution is -2.00. The van der Waals surface area contributed by atoms with Crippen molar-refractivity contribution in [2.45, 2.75) is 0 Å². The predicted molar refractivity (Wildman–Crippen MR) is 240 cm³/mol. The largest absolute Gasteiger partial charge is 0.208 e. The maximum absolute atomic E-state index is 5.05. The zero-order chi connectivity index (χ0) is 37.7. The summed E-state index contributed by atoms with van der Waals surface area (Å²) < 4.78 is 2.56. The van der Waals surface area contributed by atoms with E-state index in [4.69, 9.17) is 15.0 Å². The van der Waals surface area contributed by atoms with Crippen LogP contribution in [0, 0.1) is 0 Å². The summed E-state index contributed by atoms with van der Waals surface area (Å²) in [5, 5.41) is 7.36. The van der Waals surface area contributed by atoms with Crippen LogP contribution < -0.4 is 0 Å². The average Bonchev–Trinajstić information content (AvgIpc) is 3.66. The van der Waals surface area contributed by atoms with Crippen LogP contribution in [-0.2, 0) is 0 Å². The van der Waals surface area contributed by atoms with Crippen LogP contribution in [0.25, 0.3) is 109 Å². The summed E-state index contributed by atoms with van der Waals surface area (Å²) in [4.78, 5) is 15.0. The molecule has 11 rings (SSSR count). The third-order valence-corrected chi connectivity index (χ3v) is 12.1. The van der Waals surface area contributed by atoms with Crippen molar-refractivity contribution in [3.05, 3.63) is 200 Å². The number of fused-ring (bicyclic) bond motifs is 5. The van der Waals surface area contributed by atoms with Gasteiger partial charge in [0.1, 0.15) is 0 Å². The molecule has 0 unspecified atom stereocenters. The second-order valence-electron chi connectivity index (χ2n) is 14.4. The molecular weight excluding hydrogens is 711 g/mol. The zero-order valence-electron chi connectivity index (χ0n) is 30.8. The summed E-state index contributed by atoms with van der Waals surface area (Å²) in [6.07, 6.45) is 0. The molecule has 57 heavy (non-hydrogen) atoms. The van der Waals surface area contributed by atoms with Gasteiger partial charge in [-0.1, -0.05) is 170 Å². The van der Waals surface area contributed by atoms with Crippen LogP contribution in [0.3, 0.4) is 0 Å². The highest BCUT2D eigenvalue weighted by atomic mass is 32.1. The van der Waals surface area contributed by atoms with Crippen LogP contribution in [0.15, 0.2) is 200 Å². The van der Waals surface area contributed by atoms with E-state index in [2.05, 4.69) is 140 Å². The monoisotopic (exact) mass is 743 g/mol. The molecule has 4 heteroatoms. The maximum atomic E-state index is 5.05. The van der Waals surface area contributed by atoms with Gasteiger partial charge in [0, 0.05) is 36.9 Å². The van der Waals surface area contributed by atoms with E-state index in [1.807, 2.05) is 72.0 Å². The molecule has 0 amide bonds. The Morgan fingerprint density at radius 1 is 0.263 bits per heavy atom. The van der Waals surface area contributed by atoms with E-state index < -0.39 is 0 Å². The van der Waals surface area contributed by atoms with E-state index in [1.54, 1.807) is 0 Å². The van der Waals surface area contributed by atoms with Crippen molar-refractivity contribution < 1.29 is 0 Å². The first kappa shape index (κ1) is 33.1. The fourth-order valence-corrected chi connectivity index (χ4v) is 9.15. The van der Waals surface area contributed by atoms with E-state index in [9.17, 15) is 0 Å². The summed E-state index contributed by atoms with van der Waals surface area (Å²) in [5.74, 6) is 1.97. The van der Waals surface area contributed by atoms with Crippen LogP contribution in [-0.4, -0.2) is 15.0 Å². The first-order chi connectivity index (χ1) is 28.2. The van der Waals surface area contributed by atoms with E-state index in [-0.39, 0.29) is 0 Å². The van der Waals surface area contributed by atoms with Gasteiger partial charge >= 0.3 is 0 Å². The first-order valence-corrected chi connectivity index (χ1v) is 20.0. The Morgan fingerprint density at radius 2 is 0.789 bits per heavy atom. The quantitative estimate of drug-likeness (QED) is 0.170. The molecule has 0 saturated heterocycles. The molecule has 11 aromatic rings. The van der Waals surface area contributed by atoms with E-state index in [0.717, 1.165) is 27.5 Å². The smallest absolute Gasteiger partial charge is 0.164 e. The first-order valence-electron chi connectivity index (χ1n) is 19.2. The Bertz CT molecular complexity index is 3220. The van der Waals surface area contributed by atoms with Crippen molar-refractivity contribution in [1.29, 1.82) is 0 Å². The lowest BCUT2D eigenvalue weighted by atomic mass is 9.94. The molecule has 0 aliphatic carbocycles. The molecule has 0 fully saturated rings. The van der Waals surface area contributed by atoms with Crippen LogP contribution in [0.5, 0.6) is 0 Å². The number of hydrogen-bond donors (Lipinski definition) is 0. The Hall–Kier alpha value is -7.27. The van der Waals surface area contributed by atoms with Gasteiger partial charge in [-0.3, -0.25) is 0 Å². The van der Waals surface area contributed by atoms with Crippen LogP contribution in [0.1, 0.15) is 0 Å². The minimum atomic E-state index is 0.656. The molecule has 2 heterocycles. The van der Waals surface area contributed by atoms with Crippen molar-refractivity contribution in [3.8, 4) is 67.5 Å². The van der Waals surface area contributed by atoms with E-state index in [1.165, 1.54) is 64.3 Å². The average molecular weight is 744 g/mol. The van der Waals surface area contributed by atoms with Crippen molar-refractivity contribution >= 4 is 53.1 Å². The summed E-state index contributed by atoms with van der Waals surface area (Å²) >= 11 is 1.85. The molecule has 0 saturated carbocycles. The fourth-order valence-electron chi connectivity index (χ4n) is 8.02. The van der Waals surface area contributed by atoms with Gasteiger partial charge in [0.2, 0.25) is 0 Å². The minimum absolute atomic E-state index is 0.656. The van der Waals surface area contributed by atoms with Gasteiger partial charge in [0.15, 0.2) is 17.5 Å². The van der Waals surface area contributed by atoms with Gasteiger partial charge in [0.05, 0.1) is 0 Å². The standard InChI is InChI=1S/C53H33N3S/c1-3-12-37(13-4-1)51-54-52(38-14-5-2-6-15-38)56-53(55-51)47-29-28-43(44-17-9-10-18-45(44)47)42-25-27-46-48-32-41(26-30-49(48)57-50(46)33-42)36-21-19-35(20-22-36)40-24-23-34-11-7-8-16-39(34)31-40/h1-33H. The molecule has 0 aliphatic rings. The second kappa shape index (κ2) is 13.8. The molecular formula is C53H33N3S. The molecule has 0 spiro atoms. The number of rotatable bonds is 6. The molecule has 9 aromatic carbocycles. The predicted octanol–water partition coefficient (Wildman–Crippen LogP) is 14.5. The number of thiophene rings is 1. The molecule has 0 radical (unpaired) electrons.